The van der Waals surface area contributed by atoms with E-state index in [0.29, 0.717) is 45.8 Å². The van der Waals surface area contributed by atoms with Crippen LogP contribution in [0.25, 0.3) is 22.0 Å². The molecule has 3 aromatic carbocycles. The van der Waals surface area contributed by atoms with Gasteiger partial charge in [0.25, 0.3) is 0 Å². The van der Waals surface area contributed by atoms with Crippen LogP contribution < -0.4 is 4.74 Å². The van der Waals surface area contributed by atoms with Crippen molar-refractivity contribution in [2.24, 2.45) is 7.05 Å². The molecule has 1 aliphatic rings. The van der Waals surface area contributed by atoms with Crippen LogP contribution in [0, 0.1) is 0 Å². The van der Waals surface area contributed by atoms with Gasteiger partial charge in [-0.15, -0.1) is 0 Å². The van der Waals surface area contributed by atoms with E-state index in [4.69, 9.17) is 9.47 Å². The monoisotopic (exact) mass is 545 g/mol. The van der Waals surface area contributed by atoms with Crippen molar-refractivity contribution >= 4 is 16.8 Å². The minimum atomic E-state index is 0.140. The van der Waals surface area contributed by atoms with Crippen molar-refractivity contribution in [3.8, 4) is 16.9 Å². The maximum atomic E-state index is 13.5. The number of aromatic nitrogens is 2. The van der Waals surface area contributed by atoms with Crippen LogP contribution in [-0.4, -0.2) is 46.7 Å². The van der Waals surface area contributed by atoms with E-state index in [0.717, 1.165) is 34.4 Å². The van der Waals surface area contributed by atoms with Crippen molar-refractivity contribution < 1.29 is 14.3 Å². The average molecular weight is 546 g/mol. The molecule has 0 fully saturated rings. The lowest BCUT2D eigenvalue weighted by Gasteiger charge is -2.24. The molecule has 0 atom stereocenters. The Balaban J connectivity index is 1.22. The van der Waals surface area contributed by atoms with Crippen LogP contribution in [0.3, 0.4) is 0 Å². The van der Waals surface area contributed by atoms with Gasteiger partial charge in [-0.3, -0.25) is 9.78 Å². The summed E-state index contributed by atoms with van der Waals surface area (Å²) in [5.41, 5.74) is 7.99. The molecule has 41 heavy (non-hydrogen) atoms. The van der Waals surface area contributed by atoms with E-state index in [1.165, 1.54) is 22.0 Å². The summed E-state index contributed by atoms with van der Waals surface area (Å²) in [7, 11) is 2.06. The summed E-state index contributed by atoms with van der Waals surface area (Å²) < 4.78 is 14.2. The number of ether oxygens (including phenoxy) is 2. The Kier molecular flexibility index (Phi) is 8.10. The SMILES string of the molecule is Cn1cc(CCC(=O)N2CCOCCOc3ccc(-c4cccnc4)cc3Cc3cccc(c3)C2)c2ccccc21. The fraction of sp³-hybridized carbons (Fsp3) is 0.257. The first-order valence-electron chi connectivity index (χ1n) is 14.3. The number of aryl methyl sites for hydroxylation is 2. The Labute approximate surface area is 241 Å². The number of hydrogen-bond acceptors (Lipinski definition) is 4. The molecule has 3 heterocycles. The number of fused-ring (bicyclic) bond motifs is 4. The van der Waals surface area contributed by atoms with Gasteiger partial charge in [-0.2, -0.15) is 0 Å². The smallest absolute Gasteiger partial charge is 0.223 e. The van der Waals surface area contributed by atoms with Crippen molar-refractivity contribution in [2.75, 3.05) is 26.4 Å². The molecule has 1 aliphatic heterocycles. The van der Waals surface area contributed by atoms with Gasteiger partial charge in [-0.1, -0.05) is 54.6 Å². The molecule has 0 aliphatic carbocycles. The Bertz CT molecular complexity index is 1640. The van der Waals surface area contributed by atoms with Gasteiger partial charge in [0.05, 0.1) is 13.2 Å². The second kappa shape index (κ2) is 12.4. The van der Waals surface area contributed by atoms with E-state index in [1.54, 1.807) is 6.20 Å². The Morgan fingerprint density at radius 3 is 2.71 bits per heavy atom. The highest BCUT2D eigenvalue weighted by Gasteiger charge is 2.17. The van der Waals surface area contributed by atoms with E-state index in [9.17, 15) is 4.79 Å². The van der Waals surface area contributed by atoms with E-state index in [-0.39, 0.29) is 5.91 Å². The van der Waals surface area contributed by atoms with Gasteiger partial charge in [0.1, 0.15) is 12.4 Å². The Hall–Kier alpha value is -4.42. The maximum absolute atomic E-state index is 13.5. The number of benzene rings is 3. The molecule has 1 amide bonds. The van der Waals surface area contributed by atoms with E-state index in [1.807, 2.05) is 23.2 Å². The first-order chi connectivity index (χ1) is 20.1. The summed E-state index contributed by atoms with van der Waals surface area (Å²) in [6.45, 7) is 2.49. The number of nitrogens with zero attached hydrogens (tertiary/aromatic N) is 3. The third kappa shape index (κ3) is 6.34. The van der Waals surface area contributed by atoms with Crippen molar-refractivity contribution in [1.82, 2.24) is 14.5 Å². The number of carbonyl (C=O) groups excluding carboxylic acids is 1. The van der Waals surface area contributed by atoms with Gasteiger partial charge >= 0.3 is 0 Å². The molecule has 0 radical (unpaired) electrons. The highest BCUT2D eigenvalue weighted by molar-refractivity contribution is 5.85. The number of amides is 1. The van der Waals surface area contributed by atoms with E-state index >= 15 is 0 Å². The van der Waals surface area contributed by atoms with Crippen molar-refractivity contribution in [2.45, 2.75) is 25.8 Å². The van der Waals surface area contributed by atoms with Crippen LogP contribution >= 0.6 is 0 Å². The molecule has 208 valence electrons. The van der Waals surface area contributed by atoms with Gasteiger partial charge in [-0.05, 0) is 58.5 Å². The standard InChI is InChI=1S/C35H35N3O3/c1-37-25-30(32-9-2-3-10-33(32)37)12-14-35(39)38-16-17-40-18-19-41-34-13-11-28(29-8-5-15-36-23-29)22-31(34)21-26-6-4-7-27(20-26)24-38/h2-11,13,15,20,22-23,25H,12,14,16-19,21,24H2,1H3. The van der Waals surface area contributed by atoms with Crippen molar-refractivity contribution in [1.29, 1.82) is 0 Å². The molecule has 2 aromatic heterocycles. The Morgan fingerprint density at radius 2 is 1.80 bits per heavy atom. The lowest BCUT2D eigenvalue weighted by molar-refractivity contribution is -0.132. The van der Waals surface area contributed by atoms with Gasteiger partial charge < -0.3 is 18.9 Å². The summed E-state index contributed by atoms with van der Waals surface area (Å²) in [5.74, 6) is 1.01. The van der Waals surface area contributed by atoms with Crippen LogP contribution in [0.4, 0.5) is 0 Å². The zero-order chi connectivity index (χ0) is 28.0. The number of pyridine rings is 1. The molecule has 5 aromatic rings. The molecule has 0 saturated carbocycles. The molecule has 0 saturated heterocycles. The van der Waals surface area contributed by atoms with Gasteiger partial charge in [0.15, 0.2) is 0 Å². The fourth-order valence-corrected chi connectivity index (χ4v) is 5.65. The van der Waals surface area contributed by atoms with Crippen molar-refractivity contribution in [3.63, 3.8) is 0 Å². The lowest BCUT2D eigenvalue weighted by atomic mass is 9.98. The molecular weight excluding hydrogens is 510 g/mol. The normalized spacial score (nSPS) is 14.2. The minimum Gasteiger partial charge on any atom is -0.491 e. The number of hydrogen-bond donors (Lipinski definition) is 0. The molecule has 2 bridgehead atoms. The topological polar surface area (TPSA) is 56.6 Å². The molecule has 0 spiro atoms. The molecule has 6 heteroatoms. The Morgan fingerprint density at radius 1 is 0.902 bits per heavy atom. The van der Waals surface area contributed by atoms with Gasteiger partial charge in [-0.25, -0.2) is 0 Å². The molecule has 6 rings (SSSR count). The largest absolute Gasteiger partial charge is 0.491 e. The predicted molar refractivity (Wildman–Crippen MR) is 162 cm³/mol. The van der Waals surface area contributed by atoms with Crippen LogP contribution in [0.5, 0.6) is 5.75 Å². The van der Waals surface area contributed by atoms with Crippen LogP contribution in [0.15, 0.2) is 97.5 Å². The second-order valence-corrected chi connectivity index (χ2v) is 10.6. The number of rotatable bonds is 4. The zero-order valence-electron chi connectivity index (χ0n) is 23.5. The average Bonchev–Trinajstić information content (AvgIpc) is 3.33. The second-order valence-electron chi connectivity index (χ2n) is 10.6. The summed E-state index contributed by atoms with van der Waals surface area (Å²) in [6, 6.07) is 27.2. The third-order valence-corrected chi connectivity index (χ3v) is 7.75. The van der Waals surface area contributed by atoms with Gasteiger partial charge in [0, 0.05) is 68.0 Å². The fourth-order valence-electron chi connectivity index (χ4n) is 5.65. The lowest BCUT2D eigenvalue weighted by Crippen LogP contribution is -2.34. The molecule has 0 N–H and O–H groups in total. The first kappa shape index (κ1) is 26.8. The molecular formula is C35H35N3O3. The van der Waals surface area contributed by atoms with Crippen LogP contribution in [0.1, 0.15) is 28.7 Å². The molecule has 6 nitrogen and oxygen atoms in total. The maximum Gasteiger partial charge on any atom is 0.223 e. The number of para-hydroxylation sites is 1. The first-order valence-corrected chi connectivity index (χ1v) is 14.3. The minimum absolute atomic E-state index is 0.140. The van der Waals surface area contributed by atoms with Crippen LogP contribution in [0.2, 0.25) is 0 Å². The van der Waals surface area contributed by atoms with Crippen molar-refractivity contribution in [3.05, 3.63) is 120 Å². The molecule has 0 unspecified atom stereocenters. The third-order valence-electron chi connectivity index (χ3n) is 7.75. The van der Waals surface area contributed by atoms with E-state index < -0.39 is 0 Å². The van der Waals surface area contributed by atoms with Crippen LogP contribution in [-0.2, 0) is 36.0 Å². The quantitative estimate of drug-likeness (QED) is 0.270. The summed E-state index contributed by atoms with van der Waals surface area (Å²) in [4.78, 5) is 19.7. The highest BCUT2D eigenvalue weighted by Crippen LogP contribution is 2.29. The summed E-state index contributed by atoms with van der Waals surface area (Å²) in [5, 5.41) is 1.21. The predicted octanol–water partition coefficient (Wildman–Crippen LogP) is 6.20. The number of carbonyl (C=O) groups is 1. The summed E-state index contributed by atoms with van der Waals surface area (Å²) >= 11 is 0. The zero-order valence-corrected chi connectivity index (χ0v) is 23.5. The van der Waals surface area contributed by atoms with Gasteiger partial charge in [0.2, 0.25) is 5.91 Å². The van der Waals surface area contributed by atoms with E-state index in [2.05, 4.69) is 89.5 Å². The highest BCUT2D eigenvalue weighted by atomic mass is 16.5. The summed E-state index contributed by atoms with van der Waals surface area (Å²) in [6.07, 6.45) is 7.71.